The van der Waals surface area contributed by atoms with Gasteiger partial charge in [-0.3, -0.25) is 9.89 Å². The van der Waals surface area contributed by atoms with E-state index in [1.807, 2.05) is 60.7 Å². The van der Waals surface area contributed by atoms with Crippen LogP contribution in [-0.4, -0.2) is 29.4 Å². The minimum absolute atomic E-state index is 0.302. The Kier molecular flexibility index (Phi) is 6.17. The van der Waals surface area contributed by atoms with Crippen molar-refractivity contribution in [3.63, 3.8) is 0 Å². The molecule has 1 amide bonds. The first-order chi connectivity index (χ1) is 13.2. The molecular formula is C20H17BrN4O2. The Hall–Kier alpha value is -3.19. The summed E-state index contributed by atoms with van der Waals surface area (Å²) in [5.41, 5.74) is 5.21. The van der Waals surface area contributed by atoms with Crippen LogP contribution in [0.1, 0.15) is 16.1 Å². The minimum Gasteiger partial charge on any atom is -0.496 e. The first-order valence-electron chi connectivity index (χ1n) is 8.12. The SMILES string of the molecule is COc1ccccc1-c1cc(C(=O)NN=CC(Br)=Cc2ccccc2)[nH]n1. The van der Waals surface area contributed by atoms with E-state index >= 15 is 0 Å². The van der Waals surface area contributed by atoms with Gasteiger partial charge in [0.1, 0.15) is 11.4 Å². The number of benzene rings is 2. The average Bonchev–Trinajstić information content (AvgIpc) is 3.19. The van der Waals surface area contributed by atoms with Gasteiger partial charge in [0.15, 0.2) is 0 Å². The third kappa shape index (κ3) is 4.92. The normalized spacial score (nSPS) is 11.6. The molecule has 0 fully saturated rings. The number of H-pyrrole nitrogens is 1. The smallest absolute Gasteiger partial charge is 0.289 e. The number of ether oxygens (including phenoxy) is 1. The van der Waals surface area contributed by atoms with Crippen molar-refractivity contribution in [2.24, 2.45) is 5.10 Å². The van der Waals surface area contributed by atoms with E-state index < -0.39 is 0 Å². The van der Waals surface area contributed by atoms with Crippen LogP contribution in [0.25, 0.3) is 17.3 Å². The van der Waals surface area contributed by atoms with Gasteiger partial charge in [0.25, 0.3) is 5.91 Å². The van der Waals surface area contributed by atoms with Crippen LogP contribution in [0, 0.1) is 0 Å². The molecule has 0 aliphatic rings. The van der Waals surface area contributed by atoms with Crippen molar-refractivity contribution in [3.05, 3.63) is 76.4 Å². The van der Waals surface area contributed by atoms with Crippen molar-refractivity contribution in [1.29, 1.82) is 0 Å². The van der Waals surface area contributed by atoms with Crippen LogP contribution < -0.4 is 10.2 Å². The third-order valence-electron chi connectivity index (χ3n) is 3.66. The molecule has 6 nitrogen and oxygen atoms in total. The molecule has 7 heteroatoms. The van der Waals surface area contributed by atoms with Gasteiger partial charge in [-0.25, -0.2) is 5.43 Å². The maximum absolute atomic E-state index is 12.2. The van der Waals surface area contributed by atoms with E-state index in [1.54, 1.807) is 13.2 Å². The number of nitrogens with one attached hydrogen (secondary N) is 2. The van der Waals surface area contributed by atoms with E-state index in [2.05, 4.69) is 36.7 Å². The molecule has 27 heavy (non-hydrogen) atoms. The number of para-hydroxylation sites is 1. The van der Waals surface area contributed by atoms with Gasteiger partial charge in [0.2, 0.25) is 0 Å². The molecule has 3 rings (SSSR count). The van der Waals surface area contributed by atoms with Crippen LogP contribution in [0.5, 0.6) is 5.75 Å². The first kappa shape index (κ1) is 18.6. The Bertz CT molecular complexity index is 980. The Morgan fingerprint density at radius 2 is 1.93 bits per heavy atom. The monoisotopic (exact) mass is 424 g/mol. The van der Waals surface area contributed by atoms with Crippen LogP contribution in [0.3, 0.4) is 0 Å². The van der Waals surface area contributed by atoms with Gasteiger partial charge in [-0.15, -0.1) is 0 Å². The van der Waals surface area contributed by atoms with Crippen molar-refractivity contribution in [2.45, 2.75) is 0 Å². The summed E-state index contributed by atoms with van der Waals surface area (Å²) in [6.45, 7) is 0. The van der Waals surface area contributed by atoms with E-state index in [1.165, 1.54) is 6.21 Å². The van der Waals surface area contributed by atoms with Crippen LogP contribution in [0.15, 0.2) is 70.2 Å². The molecule has 3 aromatic rings. The fourth-order valence-electron chi connectivity index (χ4n) is 2.39. The Morgan fingerprint density at radius 3 is 2.70 bits per heavy atom. The fourth-order valence-corrected chi connectivity index (χ4v) is 2.76. The molecule has 2 aromatic carbocycles. The molecular weight excluding hydrogens is 408 g/mol. The summed E-state index contributed by atoms with van der Waals surface area (Å²) in [4.78, 5) is 12.2. The molecule has 0 saturated carbocycles. The summed E-state index contributed by atoms with van der Waals surface area (Å²) in [5.74, 6) is 0.295. The number of halogens is 1. The number of allylic oxidation sites excluding steroid dienone is 1. The van der Waals surface area contributed by atoms with E-state index in [-0.39, 0.29) is 5.91 Å². The third-order valence-corrected chi connectivity index (χ3v) is 4.10. The summed E-state index contributed by atoms with van der Waals surface area (Å²) < 4.78 is 6.05. The summed E-state index contributed by atoms with van der Waals surface area (Å²) in [7, 11) is 1.59. The number of aromatic amines is 1. The molecule has 2 N–H and O–H groups in total. The van der Waals surface area contributed by atoms with Crippen LogP contribution in [0.2, 0.25) is 0 Å². The molecule has 0 aliphatic heterocycles. The van der Waals surface area contributed by atoms with E-state index in [0.29, 0.717) is 17.1 Å². The van der Waals surface area contributed by atoms with Crippen LogP contribution >= 0.6 is 15.9 Å². The lowest BCUT2D eigenvalue weighted by Crippen LogP contribution is -2.17. The molecule has 1 aromatic heterocycles. The van der Waals surface area contributed by atoms with Gasteiger partial charge in [0, 0.05) is 10.0 Å². The molecule has 0 atom stereocenters. The number of methoxy groups -OCH3 is 1. The molecule has 0 saturated heterocycles. The number of carbonyl (C=O) groups excluding carboxylic acids is 1. The molecule has 1 heterocycles. The van der Waals surface area contributed by atoms with Crippen molar-refractivity contribution in [3.8, 4) is 17.0 Å². The Balaban J connectivity index is 1.65. The highest BCUT2D eigenvalue weighted by Gasteiger charge is 2.13. The first-order valence-corrected chi connectivity index (χ1v) is 8.91. The topological polar surface area (TPSA) is 79.4 Å². The molecule has 0 spiro atoms. The highest BCUT2D eigenvalue weighted by Crippen LogP contribution is 2.28. The summed E-state index contributed by atoms with van der Waals surface area (Å²) in [6.07, 6.45) is 3.41. The maximum atomic E-state index is 12.2. The largest absolute Gasteiger partial charge is 0.496 e. The van der Waals surface area contributed by atoms with Crippen molar-refractivity contribution < 1.29 is 9.53 Å². The minimum atomic E-state index is -0.389. The number of hydrogen-bond acceptors (Lipinski definition) is 4. The van der Waals surface area contributed by atoms with Crippen LogP contribution in [-0.2, 0) is 0 Å². The molecule has 0 aliphatic carbocycles. The zero-order valence-electron chi connectivity index (χ0n) is 14.5. The Labute approximate surface area is 165 Å². The van der Waals surface area contributed by atoms with Gasteiger partial charge >= 0.3 is 0 Å². The van der Waals surface area contributed by atoms with Gasteiger partial charge in [-0.05, 0) is 45.8 Å². The summed E-state index contributed by atoms with van der Waals surface area (Å²) in [6, 6.07) is 18.9. The number of hydrogen-bond donors (Lipinski definition) is 2. The predicted octanol–water partition coefficient (Wildman–Crippen LogP) is 4.24. The molecule has 136 valence electrons. The lowest BCUT2D eigenvalue weighted by atomic mass is 10.1. The lowest BCUT2D eigenvalue weighted by molar-refractivity contribution is 0.0950. The second-order valence-electron chi connectivity index (χ2n) is 5.51. The number of rotatable bonds is 6. The average molecular weight is 425 g/mol. The van der Waals surface area contributed by atoms with Gasteiger partial charge in [0.05, 0.1) is 19.0 Å². The summed E-state index contributed by atoms with van der Waals surface area (Å²) >= 11 is 3.40. The number of carbonyl (C=O) groups is 1. The van der Waals surface area contributed by atoms with Crippen molar-refractivity contribution in [1.82, 2.24) is 15.6 Å². The Morgan fingerprint density at radius 1 is 1.19 bits per heavy atom. The van der Waals surface area contributed by atoms with Gasteiger partial charge < -0.3 is 4.74 Å². The second kappa shape index (κ2) is 8.95. The zero-order chi connectivity index (χ0) is 19.1. The number of aromatic nitrogens is 2. The van der Waals surface area contributed by atoms with E-state index in [4.69, 9.17) is 4.74 Å². The number of nitrogens with zero attached hydrogens (tertiary/aromatic N) is 2. The highest BCUT2D eigenvalue weighted by atomic mass is 79.9. The van der Waals surface area contributed by atoms with E-state index in [9.17, 15) is 4.79 Å². The van der Waals surface area contributed by atoms with Crippen LogP contribution in [0.4, 0.5) is 0 Å². The lowest BCUT2D eigenvalue weighted by Gasteiger charge is -2.04. The van der Waals surface area contributed by atoms with Crippen molar-refractivity contribution >= 4 is 34.1 Å². The van der Waals surface area contributed by atoms with Gasteiger partial charge in [-0.2, -0.15) is 10.2 Å². The highest BCUT2D eigenvalue weighted by molar-refractivity contribution is 9.12. The van der Waals surface area contributed by atoms with Gasteiger partial charge in [-0.1, -0.05) is 42.5 Å². The molecule has 0 unspecified atom stereocenters. The van der Waals surface area contributed by atoms with Crippen molar-refractivity contribution in [2.75, 3.05) is 7.11 Å². The summed E-state index contributed by atoms with van der Waals surface area (Å²) in [5, 5.41) is 10.8. The molecule has 0 radical (unpaired) electrons. The number of hydrazone groups is 1. The maximum Gasteiger partial charge on any atom is 0.289 e. The standard InChI is InChI=1S/C20H17BrN4O2/c1-27-19-10-6-5-9-16(19)17-12-18(24-23-17)20(26)25-22-13-15(21)11-14-7-3-2-4-8-14/h2-13H,1H3,(H,23,24)(H,25,26). The quantitative estimate of drug-likeness (QED) is 0.458. The zero-order valence-corrected chi connectivity index (χ0v) is 16.1. The number of amides is 1. The molecule has 0 bridgehead atoms. The van der Waals surface area contributed by atoms with E-state index in [0.717, 1.165) is 15.6 Å². The second-order valence-corrected chi connectivity index (χ2v) is 6.42. The fraction of sp³-hybridized carbons (Fsp3) is 0.0500. The predicted molar refractivity (Wildman–Crippen MR) is 110 cm³/mol.